The Labute approximate surface area is 99.0 Å². The van der Waals surface area contributed by atoms with Gasteiger partial charge in [-0.25, -0.2) is 0 Å². The van der Waals surface area contributed by atoms with Crippen LogP contribution in [0.3, 0.4) is 0 Å². The molecule has 0 N–H and O–H groups in total. The molecule has 0 heterocycles. The lowest BCUT2D eigenvalue weighted by Gasteiger charge is -2.17. The summed E-state index contributed by atoms with van der Waals surface area (Å²) < 4.78 is 6.45. The molecule has 0 saturated carbocycles. The van der Waals surface area contributed by atoms with Crippen LogP contribution in [0.1, 0.15) is 22.3 Å². The molecule has 0 aliphatic heterocycles. The lowest BCUT2D eigenvalue weighted by Crippen LogP contribution is -2.01. The number of halogens is 1. The first-order chi connectivity index (χ1) is 7.04. The lowest BCUT2D eigenvalue weighted by molar-refractivity contribution is 0.406. The van der Waals surface area contributed by atoms with Crippen LogP contribution in [-0.4, -0.2) is 7.11 Å². The summed E-state index contributed by atoms with van der Waals surface area (Å²) >= 11 is 3.55. The van der Waals surface area contributed by atoms with Gasteiger partial charge >= 0.3 is 0 Å². The predicted molar refractivity (Wildman–Crippen MR) is 64.2 cm³/mol. The van der Waals surface area contributed by atoms with E-state index in [2.05, 4.69) is 22.0 Å². The average molecular weight is 268 g/mol. The van der Waals surface area contributed by atoms with Crippen LogP contribution in [0, 0.1) is 32.1 Å². The van der Waals surface area contributed by atoms with Crippen molar-refractivity contribution in [2.45, 2.75) is 27.2 Å². The summed E-state index contributed by atoms with van der Waals surface area (Å²) in [5.41, 5.74) is 4.35. The molecule has 0 radical (unpaired) electrons. The Bertz CT molecular complexity index is 432. The third kappa shape index (κ3) is 2.00. The van der Waals surface area contributed by atoms with Crippen LogP contribution in [0.25, 0.3) is 0 Å². The van der Waals surface area contributed by atoms with E-state index in [1.54, 1.807) is 7.11 Å². The number of nitrogens with zero attached hydrogens (tertiary/aromatic N) is 1. The van der Waals surface area contributed by atoms with Crippen molar-refractivity contribution in [3.8, 4) is 11.8 Å². The summed E-state index contributed by atoms with van der Waals surface area (Å²) in [5.74, 6) is 0.842. The fourth-order valence-corrected chi connectivity index (χ4v) is 2.25. The molecule has 80 valence electrons. The summed E-state index contributed by atoms with van der Waals surface area (Å²) in [6.45, 7) is 6.07. The Kier molecular flexibility index (Phi) is 3.76. The molecule has 0 amide bonds. The van der Waals surface area contributed by atoms with Crippen molar-refractivity contribution in [1.82, 2.24) is 0 Å². The van der Waals surface area contributed by atoms with Crippen molar-refractivity contribution in [3.63, 3.8) is 0 Å². The van der Waals surface area contributed by atoms with E-state index in [-0.39, 0.29) is 0 Å². The van der Waals surface area contributed by atoms with E-state index >= 15 is 0 Å². The van der Waals surface area contributed by atoms with Crippen LogP contribution in [0.4, 0.5) is 0 Å². The number of hydrogen-bond donors (Lipinski definition) is 0. The van der Waals surface area contributed by atoms with Crippen LogP contribution >= 0.6 is 15.9 Å². The van der Waals surface area contributed by atoms with E-state index in [4.69, 9.17) is 10.00 Å². The molecule has 3 heteroatoms. The molecule has 0 aromatic heterocycles. The zero-order chi connectivity index (χ0) is 11.6. The summed E-state index contributed by atoms with van der Waals surface area (Å²) in [6.07, 6.45) is 0.384. The van der Waals surface area contributed by atoms with E-state index in [1.807, 2.05) is 20.8 Å². The van der Waals surface area contributed by atoms with Gasteiger partial charge in [0.05, 0.1) is 19.6 Å². The van der Waals surface area contributed by atoms with Gasteiger partial charge in [0.15, 0.2) is 0 Å². The van der Waals surface area contributed by atoms with Crippen LogP contribution in [-0.2, 0) is 6.42 Å². The number of ether oxygens (including phenoxy) is 1. The second-order valence-electron chi connectivity index (χ2n) is 3.54. The molecule has 15 heavy (non-hydrogen) atoms. The zero-order valence-corrected chi connectivity index (χ0v) is 11.0. The van der Waals surface area contributed by atoms with Gasteiger partial charge < -0.3 is 4.74 Å². The summed E-state index contributed by atoms with van der Waals surface area (Å²) in [4.78, 5) is 0. The second kappa shape index (κ2) is 4.67. The number of hydrogen-bond acceptors (Lipinski definition) is 2. The quantitative estimate of drug-likeness (QED) is 0.823. The van der Waals surface area contributed by atoms with Crippen molar-refractivity contribution >= 4 is 15.9 Å². The first-order valence-electron chi connectivity index (χ1n) is 4.73. The second-order valence-corrected chi connectivity index (χ2v) is 4.33. The maximum atomic E-state index is 8.79. The summed E-state index contributed by atoms with van der Waals surface area (Å²) in [7, 11) is 1.65. The van der Waals surface area contributed by atoms with Gasteiger partial charge in [-0.3, -0.25) is 0 Å². The maximum absolute atomic E-state index is 8.79. The fourth-order valence-electron chi connectivity index (χ4n) is 1.71. The average Bonchev–Trinajstić information content (AvgIpc) is 2.24. The smallest absolute Gasteiger partial charge is 0.126 e. The molecule has 0 saturated heterocycles. The topological polar surface area (TPSA) is 33.0 Å². The molecule has 0 aliphatic rings. The normalized spacial score (nSPS) is 9.87. The highest BCUT2D eigenvalue weighted by molar-refractivity contribution is 9.10. The highest BCUT2D eigenvalue weighted by atomic mass is 79.9. The van der Waals surface area contributed by atoms with Gasteiger partial charge in [-0.05, 0) is 37.5 Å². The molecular formula is C12H14BrNO. The minimum Gasteiger partial charge on any atom is -0.496 e. The largest absolute Gasteiger partial charge is 0.496 e. The van der Waals surface area contributed by atoms with Crippen LogP contribution in [0.5, 0.6) is 5.75 Å². The van der Waals surface area contributed by atoms with Gasteiger partial charge in [-0.15, -0.1) is 0 Å². The Hall–Kier alpha value is -1.01. The Balaban J connectivity index is 3.56. The highest BCUT2D eigenvalue weighted by Gasteiger charge is 2.15. The van der Waals surface area contributed by atoms with Gasteiger partial charge in [-0.1, -0.05) is 15.9 Å². The van der Waals surface area contributed by atoms with Crippen molar-refractivity contribution in [1.29, 1.82) is 5.26 Å². The van der Waals surface area contributed by atoms with Crippen LogP contribution in [0.15, 0.2) is 4.47 Å². The maximum Gasteiger partial charge on any atom is 0.126 e. The molecule has 0 atom stereocenters. The van der Waals surface area contributed by atoms with Gasteiger partial charge in [0, 0.05) is 10.0 Å². The molecule has 1 rings (SSSR count). The third-order valence-corrected chi connectivity index (χ3v) is 3.94. The van der Waals surface area contributed by atoms with Crippen LogP contribution in [0.2, 0.25) is 0 Å². The van der Waals surface area contributed by atoms with Crippen LogP contribution < -0.4 is 4.74 Å². The number of rotatable bonds is 2. The molecule has 1 aromatic rings. The molecular weight excluding hydrogens is 254 g/mol. The monoisotopic (exact) mass is 267 g/mol. The first-order valence-corrected chi connectivity index (χ1v) is 5.53. The predicted octanol–water partition coefficient (Wildman–Crippen LogP) is 3.45. The number of nitriles is 1. The van der Waals surface area contributed by atoms with E-state index in [1.165, 1.54) is 5.56 Å². The summed E-state index contributed by atoms with van der Waals surface area (Å²) in [6, 6.07) is 2.17. The molecule has 0 bridgehead atoms. The van der Waals surface area contributed by atoms with Gasteiger partial charge in [0.2, 0.25) is 0 Å². The first kappa shape index (κ1) is 12.1. The van der Waals surface area contributed by atoms with Crippen molar-refractivity contribution in [2.75, 3.05) is 7.11 Å². The SMILES string of the molecule is COc1c(C)c(C)c(Br)c(C)c1CC#N. The molecule has 0 unspecified atom stereocenters. The fraction of sp³-hybridized carbons (Fsp3) is 0.417. The van der Waals surface area contributed by atoms with E-state index in [9.17, 15) is 0 Å². The molecule has 1 aromatic carbocycles. The standard InChI is InChI=1S/C12H14BrNO/c1-7-8(2)12(15-4)10(5-6-14)9(3)11(7)13/h5H2,1-4H3. The van der Waals surface area contributed by atoms with Crippen molar-refractivity contribution in [3.05, 3.63) is 26.7 Å². The van der Waals surface area contributed by atoms with Gasteiger partial charge in [0.1, 0.15) is 5.75 Å². The highest BCUT2D eigenvalue weighted by Crippen LogP contribution is 2.36. The van der Waals surface area contributed by atoms with Crippen molar-refractivity contribution in [2.24, 2.45) is 0 Å². The van der Waals surface area contributed by atoms with Gasteiger partial charge in [0.25, 0.3) is 0 Å². The Morgan fingerprint density at radius 3 is 2.27 bits per heavy atom. The van der Waals surface area contributed by atoms with E-state index in [0.29, 0.717) is 6.42 Å². The molecule has 0 spiro atoms. The Morgan fingerprint density at radius 2 is 1.80 bits per heavy atom. The third-order valence-electron chi connectivity index (χ3n) is 2.75. The zero-order valence-electron chi connectivity index (χ0n) is 9.44. The Morgan fingerprint density at radius 1 is 1.20 bits per heavy atom. The summed E-state index contributed by atoms with van der Waals surface area (Å²) in [5, 5.41) is 8.79. The molecule has 0 aliphatic carbocycles. The number of methoxy groups -OCH3 is 1. The van der Waals surface area contributed by atoms with Crippen molar-refractivity contribution < 1.29 is 4.74 Å². The minimum atomic E-state index is 0.384. The molecule has 0 fully saturated rings. The number of benzene rings is 1. The van der Waals surface area contributed by atoms with Gasteiger partial charge in [-0.2, -0.15) is 5.26 Å². The minimum absolute atomic E-state index is 0.384. The lowest BCUT2D eigenvalue weighted by atomic mass is 9.97. The van der Waals surface area contributed by atoms with E-state index in [0.717, 1.165) is 26.9 Å². The molecule has 2 nitrogen and oxygen atoms in total. The van der Waals surface area contributed by atoms with E-state index < -0.39 is 0 Å².